The number of hydrogen-bond acceptors (Lipinski definition) is 6. The highest BCUT2D eigenvalue weighted by molar-refractivity contribution is 6.41. The minimum absolute atomic E-state index is 0.152. The summed E-state index contributed by atoms with van der Waals surface area (Å²) >= 11 is 5.88. The molecule has 8 heteroatoms. The van der Waals surface area contributed by atoms with Crippen LogP contribution in [0.3, 0.4) is 0 Å². The molecule has 0 saturated carbocycles. The van der Waals surface area contributed by atoms with E-state index in [1.807, 2.05) is 0 Å². The van der Waals surface area contributed by atoms with Crippen molar-refractivity contribution in [2.75, 3.05) is 6.61 Å². The zero-order valence-corrected chi connectivity index (χ0v) is 16.7. The van der Waals surface area contributed by atoms with Crippen molar-refractivity contribution in [2.24, 2.45) is 0 Å². The van der Waals surface area contributed by atoms with Gasteiger partial charge >= 0.3 is 18.0 Å². The second kappa shape index (κ2) is 9.65. The summed E-state index contributed by atoms with van der Waals surface area (Å²) in [5.41, 5.74) is -1.39. The van der Waals surface area contributed by atoms with Crippen LogP contribution < -0.4 is 5.32 Å². The molecule has 144 valence electrons. The highest BCUT2D eigenvalue weighted by atomic mass is 35.5. The molecule has 0 aliphatic heterocycles. The average molecular weight is 378 g/mol. The molecule has 7 nitrogen and oxygen atoms in total. The van der Waals surface area contributed by atoms with Crippen molar-refractivity contribution in [3.05, 3.63) is 11.1 Å². The molecule has 0 aliphatic rings. The molecule has 25 heavy (non-hydrogen) atoms. The molecule has 1 atom stereocenters. The molecule has 0 rings (SSSR count). The predicted molar refractivity (Wildman–Crippen MR) is 94.2 cm³/mol. The number of esters is 2. The van der Waals surface area contributed by atoms with E-state index >= 15 is 0 Å². The third-order valence-corrected chi connectivity index (χ3v) is 2.61. The molecule has 1 amide bonds. The molecule has 0 unspecified atom stereocenters. The Morgan fingerprint density at radius 1 is 1.04 bits per heavy atom. The summed E-state index contributed by atoms with van der Waals surface area (Å²) in [7, 11) is 0. The van der Waals surface area contributed by atoms with Crippen molar-refractivity contribution in [1.29, 1.82) is 0 Å². The van der Waals surface area contributed by atoms with Gasteiger partial charge in [-0.2, -0.15) is 0 Å². The maximum atomic E-state index is 12.0. The van der Waals surface area contributed by atoms with Gasteiger partial charge in [0.2, 0.25) is 0 Å². The molecular weight excluding hydrogens is 350 g/mol. The summed E-state index contributed by atoms with van der Waals surface area (Å²) in [6.07, 6.45) is 0.269. The van der Waals surface area contributed by atoms with Gasteiger partial charge in [-0.15, -0.1) is 0 Å². The van der Waals surface area contributed by atoms with Crippen LogP contribution in [-0.4, -0.2) is 41.9 Å². The second-order valence-corrected chi connectivity index (χ2v) is 7.69. The fourth-order valence-electron chi connectivity index (χ4n) is 1.62. The molecule has 1 N–H and O–H groups in total. The number of hydrogen-bond donors (Lipinski definition) is 1. The molecule has 0 saturated heterocycles. The lowest BCUT2D eigenvalue weighted by Gasteiger charge is -2.24. The Labute approximate surface area is 154 Å². The van der Waals surface area contributed by atoms with E-state index in [1.54, 1.807) is 48.5 Å². The first-order valence-corrected chi connectivity index (χ1v) is 8.37. The topological polar surface area (TPSA) is 90.9 Å². The Bertz CT molecular complexity index is 486. The van der Waals surface area contributed by atoms with Crippen LogP contribution in [0.25, 0.3) is 0 Å². The highest BCUT2D eigenvalue weighted by Gasteiger charge is 2.24. The molecule has 0 aliphatic carbocycles. The van der Waals surface area contributed by atoms with Gasteiger partial charge in [0.05, 0.1) is 19.1 Å². The van der Waals surface area contributed by atoms with Crippen LogP contribution in [0, 0.1) is 0 Å². The van der Waals surface area contributed by atoms with Crippen molar-refractivity contribution in [3.8, 4) is 0 Å². The van der Waals surface area contributed by atoms with Crippen LogP contribution in [-0.2, 0) is 23.8 Å². The second-order valence-electron chi connectivity index (χ2n) is 7.28. The van der Waals surface area contributed by atoms with E-state index in [9.17, 15) is 14.4 Å². The number of halogens is 1. The first-order chi connectivity index (χ1) is 11.2. The third-order valence-electron chi connectivity index (χ3n) is 2.33. The molecule has 0 fully saturated rings. The fourth-order valence-corrected chi connectivity index (χ4v) is 1.82. The molecule has 0 radical (unpaired) electrons. The van der Waals surface area contributed by atoms with Crippen molar-refractivity contribution < 1.29 is 28.6 Å². The normalized spacial score (nSPS) is 13.7. The molecule has 0 bridgehead atoms. The minimum atomic E-state index is -0.887. The van der Waals surface area contributed by atoms with Gasteiger partial charge in [0.25, 0.3) is 0 Å². The fraction of sp³-hybridized carbons (Fsp3) is 0.706. The largest absolute Gasteiger partial charge is 0.462 e. The maximum absolute atomic E-state index is 12.0. The van der Waals surface area contributed by atoms with Crippen LogP contribution in [0.5, 0.6) is 0 Å². The van der Waals surface area contributed by atoms with Crippen LogP contribution >= 0.6 is 11.6 Å². The Morgan fingerprint density at radius 2 is 1.56 bits per heavy atom. The molecule has 0 spiro atoms. The molecule has 0 heterocycles. The average Bonchev–Trinajstić information content (AvgIpc) is 2.33. The monoisotopic (exact) mass is 377 g/mol. The van der Waals surface area contributed by atoms with Crippen LogP contribution in [0.1, 0.15) is 54.9 Å². The number of nitrogens with one attached hydrogen (secondary N) is 1. The zero-order valence-electron chi connectivity index (χ0n) is 15.9. The lowest BCUT2D eigenvalue weighted by molar-refractivity contribution is -0.155. The Balaban J connectivity index is 5.17. The van der Waals surface area contributed by atoms with Crippen molar-refractivity contribution in [3.63, 3.8) is 0 Å². The van der Waals surface area contributed by atoms with E-state index in [4.69, 9.17) is 25.8 Å². The van der Waals surface area contributed by atoms with E-state index in [0.717, 1.165) is 0 Å². The standard InChI is InChI=1S/C17H28ClNO6/c1-8-23-14(21)12(18)9-11(10-13(20)24-16(2,3)4)19-15(22)25-17(5,6)7/h9,11H,8,10H2,1-7H3,(H,19,22)/t11-/m1/s1. The zero-order chi connectivity index (χ0) is 19.8. The van der Waals surface area contributed by atoms with Crippen molar-refractivity contribution >= 4 is 29.6 Å². The molecule has 0 aromatic heterocycles. The minimum Gasteiger partial charge on any atom is -0.462 e. The first-order valence-electron chi connectivity index (χ1n) is 7.99. The number of carbonyl (C=O) groups is 3. The summed E-state index contributed by atoms with van der Waals surface area (Å²) in [5.74, 6) is -1.30. The number of carbonyl (C=O) groups excluding carboxylic acids is 3. The van der Waals surface area contributed by atoms with Crippen LogP contribution in [0.4, 0.5) is 4.79 Å². The number of alkyl carbamates (subject to hydrolysis) is 1. The number of amides is 1. The van der Waals surface area contributed by atoms with Gasteiger partial charge in [-0.3, -0.25) is 4.79 Å². The Morgan fingerprint density at radius 3 is 2.00 bits per heavy atom. The van der Waals surface area contributed by atoms with Crippen LogP contribution in [0.2, 0.25) is 0 Å². The van der Waals surface area contributed by atoms with Gasteiger partial charge in [-0.25, -0.2) is 9.59 Å². The molecule has 0 aromatic carbocycles. The maximum Gasteiger partial charge on any atom is 0.408 e. The lowest BCUT2D eigenvalue weighted by Crippen LogP contribution is -2.40. The predicted octanol–water partition coefficient (Wildman–Crippen LogP) is 3.30. The summed E-state index contributed by atoms with van der Waals surface area (Å²) in [5, 5.41) is 2.24. The smallest absolute Gasteiger partial charge is 0.408 e. The van der Waals surface area contributed by atoms with Crippen LogP contribution in [0.15, 0.2) is 11.1 Å². The SMILES string of the molecule is CCOC(=O)C(Cl)=C[C@H](CC(=O)OC(C)(C)C)NC(=O)OC(C)(C)C. The summed E-state index contributed by atoms with van der Waals surface area (Å²) in [4.78, 5) is 35.6. The van der Waals surface area contributed by atoms with E-state index in [0.29, 0.717) is 0 Å². The third kappa shape index (κ3) is 12.3. The number of rotatable bonds is 6. The van der Waals surface area contributed by atoms with E-state index < -0.39 is 35.3 Å². The lowest BCUT2D eigenvalue weighted by atomic mass is 10.1. The van der Waals surface area contributed by atoms with Gasteiger partial charge in [0.15, 0.2) is 0 Å². The van der Waals surface area contributed by atoms with Gasteiger partial charge in [-0.05, 0) is 54.5 Å². The highest BCUT2D eigenvalue weighted by Crippen LogP contribution is 2.14. The van der Waals surface area contributed by atoms with Gasteiger partial charge in [0.1, 0.15) is 16.2 Å². The Hall–Kier alpha value is -1.76. The first kappa shape index (κ1) is 23.2. The Kier molecular flexibility index (Phi) is 8.97. The summed E-state index contributed by atoms with van der Waals surface area (Å²) in [6.45, 7) is 12.1. The van der Waals surface area contributed by atoms with Crippen molar-refractivity contribution in [1.82, 2.24) is 5.32 Å². The summed E-state index contributed by atoms with van der Waals surface area (Å²) < 4.78 is 15.1. The van der Waals surface area contributed by atoms with Crippen molar-refractivity contribution in [2.45, 2.75) is 72.1 Å². The van der Waals surface area contributed by atoms with E-state index in [-0.39, 0.29) is 18.1 Å². The van der Waals surface area contributed by atoms with Gasteiger partial charge < -0.3 is 19.5 Å². The molecule has 0 aromatic rings. The van der Waals surface area contributed by atoms with E-state index in [1.165, 1.54) is 6.08 Å². The quantitative estimate of drug-likeness (QED) is 0.434. The van der Waals surface area contributed by atoms with Gasteiger partial charge in [-0.1, -0.05) is 11.6 Å². The number of ether oxygens (including phenoxy) is 3. The van der Waals surface area contributed by atoms with E-state index in [2.05, 4.69) is 5.32 Å². The molecular formula is C17H28ClNO6. The van der Waals surface area contributed by atoms with Gasteiger partial charge in [0, 0.05) is 0 Å². The summed E-state index contributed by atoms with van der Waals surface area (Å²) in [6, 6.07) is -0.887.